The van der Waals surface area contributed by atoms with Gasteiger partial charge in [0.15, 0.2) is 11.5 Å². The van der Waals surface area contributed by atoms with Crippen LogP contribution in [0.4, 0.5) is 0 Å². The van der Waals surface area contributed by atoms with Crippen LogP contribution in [-0.2, 0) is 6.54 Å². The SMILES string of the molecule is O=C(NCc1nnc2ccccn12)c1cc(Cl)ccn1. The third-order valence-corrected chi connectivity index (χ3v) is 2.98. The Hall–Kier alpha value is -2.47. The number of aromatic nitrogens is 4. The summed E-state index contributed by atoms with van der Waals surface area (Å²) < 4.78 is 1.81. The van der Waals surface area contributed by atoms with E-state index in [1.807, 2.05) is 28.8 Å². The molecule has 0 radical (unpaired) electrons. The molecule has 0 unspecified atom stereocenters. The number of carbonyl (C=O) groups excluding carboxylic acids is 1. The molecule has 0 aliphatic carbocycles. The van der Waals surface area contributed by atoms with Crippen molar-refractivity contribution in [2.24, 2.45) is 0 Å². The highest BCUT2D eigenvalue weighted by molar-refractivity contribution is 6.30. The summed E-state index contributed by atoms with van der Waals surface area (Å²) >= 11 is 5.82. The van der Waals surface area contributed by atoms with E-state index in [2.05, 4.69) is 20.5 Å². The predicted octanol–water partition coefficient (Wildman–Crippen LogP) is 1.71. The van der Waals surface area contributed by atoms with Crippen LogP contribution in [0.2, 0.25) is 5.02 Å². The molecule has 1 N–H and O–H groups in total. The lowest BCUT2D eigenvalue weighted by Crippen LogP contribution is -2.24. The number of carbonyl (C=O) groups is 1. The minimum atomic E-state index is -0.305. The number of hydrogen-bond donors (Lipinski definition) is 1. The zero-order valence-corrected chi connectivity index (χ0v) is 11.1. The van der Waals surface area contributed by atoms with Gasteiger partial charge in [-0.25, -0.2) is 0 Å². The number of nitrogens with one attached hydrogen (secondary N) is 1. The number of rotatable bonds is 3. The molecule has 0 atom stereocenters. The topological polar surface area (TPSA) is 72.2 Å². The second kappa shape index (κ2) is 5.26. The van der Waals surface area contributed by atoms with Crippen LogP contribution in [0, 0.1) is 0 Å². The van der Waals surface area contributed by atoms with E-state index in [4.69, 9.17) is 11.6 Å². The molecule has 3 heterocycles. The van der Waals surface area contributed by atoms with Crippen molar-refractivity contribution in [3.63, 3.8) is 0 Å². The lowest BCUT2D eigenvalue weighted by molar-refractivity contribution is 0.0945. The summed E-state index contributed by atoms with van der Waals surface area (Å²) in [7, 11) is 0. The van der Waals surface area contributed by atoms with E-state index in [1.165, 1.54) is 12.3 Å². The molecule has 0 spiro atoms. The fourth-order valence-electron chi connectivity index (χ4n) is 1.79. The van der Waals surface area contributed by atoms with Crippen molar-refractivity contribution in [1.82, 2.24) is 24.9 Å². The van der Waals surface area contributed by atoms with Crippen LogP contribution in [0.3, 0.4) is 0 Å². The first-order valence-corrected chi connectivity index (χ1v) is 6.30. The van der Waals surface area contributed by atoms with Gasteiger partial charge in [-0.3, -0.25) is 14.2 Å². The molecule has 1 amide bonds. The zero-order valence-electron chi connectivity index (χ0n) is 10.3. The van der Waals surface area contributed by atoms with Crippen LogP contribution >= 0.6 is 11.6 Å². The zero-order chi connectivity index (χ0) is 13.9. The van der Waals surface area contributed by atoms with Gasteiger partial charge in [-0.05, 0) is 24.3 Å². The predicted molar refractivity (Wildman–Crippen MR) is 73.4 cm³/mol. The molecule has 0 saturated carbocycles. The summed E-state index contributed by atoms with van der Waals surface area (Å²) in [5.41, 5.74) is 1.00. The number of nitrogens with zero attached hydrogens (tertiary/aromatic N) is 4. The number of hydrogen-bond acceptors (Lipinski definition) is 4. The van der Waals surface area contributed by atoms with Gasteiger partial charge in [-0.2, -0.15) is 0 Å². The molecule has 3 aromatic heterocycles. The largest absolute Gasteiger partial charge is 0.343 e. The number of fused-ring (bicyclic) bond motifs is 1. The summed E-state index contributed by atoms with van der Waals surface area (Å²) in [6.45, 7) is 0.262. The summed E-state index contributed by atoms with van der Waals surface area (Å²) in [6.07, 6.45) is 3.33. The third kappa shape index (κ3) is 2.46. The first-order chi connectivity index (χ1) is 9.74. The first-order valence-electron chi connectivity index (χ1n) is 5.92. The summed E-state index contributed by atoms with van der Waals surface area (Å²) in [6, 6.07) is 8.72. The van der Waals surface area contributed by atoms with E-state index in [1.54, 1.807) is 6.07 Å². The van der Waals surface area contributed by atoms with E-state index in [0.29, 0.717) is 10.8 Å². The quantitative estimate of drug-likeness (QED) is 0.796. The fraction of sp³-hybridized carbons (Fsp3) is 0.0769. The minimum absolute atomic E-state index is 0.262. The molecule has 0 bridgehead atoms. The van der Waals surface area contributed by atoms with E-state index < -0.39 is 0 Å². The van der Waals surface area contributed by atoms with Gasteiger partial charge < -0.3 is 5.32 Å². The van der Waals surface area contributed by atoms with Crippen LogP contribution in [0.1, 0.15) is 16.3 Å². The third-order valence-electron chi connectivity index (χ3n) is 2.75. The van der Waals surface area contributed by atoms with Gasteiger partial charge in [-0.1, -0.05) is 17.7 Å². The van der Waals surface area contributed by atoms with Gasteiger partial charge in [0.1, 0.15) is 5.69 Å². The van der Waals surface area contributed by atoms with Crippen molar-refractivity contribution >= 4 is 23.2 Å². The summed E-state index contributed by atoms with van der Waals surface area (Å²) in [4.78, 5) is 15.9. The Balaban J connectivity index is 1.75. The van der Waals surface area contributed by atoms with Crippen LogP contribution in [-0.4, -0.2) is 25.5 Å². The van der Waals surface area contributed by atoms with E-state index in [-0.39, 0.29) is 18.1 Å². The Kier molecular flexibility index (Phi) is 3.30. The highest BCUT2D eigenvalue weighted by Gasteiger charge is 2.10. The van der Waals surface area contributed by atoms with Crippen molar-refractivity contribution in [2.45, 2.75) is 6.54 Å². The lowest BCUT2D eigenvalue weighted by atomic mass is 10.3. The Morgan fingerprint density at radius 1 is 1.30 bits per heavy atom. The maximum Gasteiger partial charge on any atom is 0.270 e. The van der Waals surface area contributed by atoms with Crippen LogP contribution < -0.4 is 5.32 Å². The maximum absolute atomic E-state index is 11.9. The van der Waals surface area contributed by atoms with Crippen molar-refractivity contribution in [3.8, 4) is 0 Å². The highest BCUT2D eigenvalue weighted by Crippen LogP contribution is 2.08. The number of pyridine rings is 2. The highest BCUT2D eigenvalue weighted by atomic mass is 35.5. The van der Waals surface area contributed by atoms with Crippen molar-refractivity contribution in [3.05, 3.63) is 59.3 Å². The molecular weight excluding hydrogens is 278 g/mol. The second-order valence-corrected chi connectivity index (χ2v) is 4.52. The lowest BCUT2D eigenvalue weighted by Gasteiger charge is -2.03. The normalized spacial score (nSPS) is 10.7. The van der Waals surface area contributed by atoms with Gasteiger partial charge in [-0.15, -0.1) is 10.2 Å². The van der Waals surface area contributed by atoms with Crippen molar-refractivity contribution in [2.75, 3.05) is 0 Å². The van der Waals surface area contributed by atoms with Gasteiger partial charge in [0.05, 0.1) is 6.54 Å². The Morgan fingerprint density at radius 3 is 3.05 bits per heavy atom. The molecular formula is C13H10ClN5O. The van der Waals surface area contributed by atoms with E-state index in [0.717, 1.165) is 5.65 Å². The van der Waals surface area contributed by atoms with E-state index in [9.17, 15) is 4.79 Å². The monoisotopic (exact) mass is 287 g/mol. The van der Waals surface area contributed by atoms with Gasteiger partial charge >= 0.3 is 0 Å². The Morgan fingerprint density at radius 2 is 2.20 bits per heavy atom. The number of amides is 1. The average molecular weight is 288 g/mol. The van der Waals surface area contributed by atoms with Crippen LogP contribution in [0.5, 0.6) is 0 Å². The standard InChI is InChI=1S/C13H10ClN5O/c14-9-4-5-15-10(7-9)13(20)16-8-12-18-17-11-3-1-2-6-19(11)12/h1-7H,8H2,(H,16,20). The molecule has 0 aromatic carbocycles. The molecule has 3 aromatic rings. The average Bonchev–Trinajstić information content (AvgIpc) is 2.88. The van der Waals surface area contributed by atoms with Crippen molar-refractivity contribution in [1.29, 1.82) is 0 Å². The summed E-state index contributed by atoms with van der Waals surface area (Å²) in [5.74, 6) is 0.344. The Labute approximate surface area is 119 Å². The second-order valence-electron chi connectivity index (χ2n) is 4.09. The van der Waals surface area contributed by atoms with Crippen molar-refractivity contribution < 1.29 is 4.79 Å². The maximum atomic E-state index is 11.9. The molecule has 0 fully saturated rings. The van der Waals surface area contributed by atoms with E-state index >= 15 is 0 Å². The molecule has 7 heteroatoms. The molecule has 0 aliphatic heterocycles. The summed E-state index contributed by atoms with van der Waals surface area (Å²) in [5, 5.41) is 11.2. The molecule has 6 nitrogen and oxygen atoms in total. The molecule has 20 heavy (non-hydrogen) atoms. The molecule has 3 rings (SSSR count). The van der Waals surface area contributed by atoms with Crippen LogP contribution in [0.25, 0.3) is 5.65 Å². The van der Waals surface area contributed by atoms with Gasteiger partial charge in [0.2, 0.25) is 0 Å². The Bertz CT molecular complexity index is 770. The smallest absolute Gasteiger partial charge is 0.270 e. The fourth-order valence-corrected chi connectivity index (χ4v) is 1.95. The van der Waals surface area contributed by atoms with Gasteiger partial charge in [0, 0.05) is 17.4 Å². The van der Waals surface area contributed by atoms with Crippen LogP contribution in [0.15, 0.2) is 42.7 Å². The molecule has 0 saturated heterocycles. The minimum Gasteiger partial charge on any atom is -0.343 e. The number of halogens is 1. The molecule has 0 aliphatic rings. The first kappa shape index (κ1) is 12.6. The van der Waals surface area contributed by atoms with Gasteiger partial charge in [0.25, 0.3) is 5.91 Å². The molecule has 100 valence electrons.